The van der Waals surface area contributed by atoms with Gasteiger partial charge in [-0.15, -0.1) is 10.2 Å². The summed E-state index contributed by atoms with van der Waals surface area (Å²) in [7, 11) is 0. The zero-order valence-electron chi connectivity index (χ0n) is 14.5. The van der Waals surface area contributed by atoms with Crippen molar-refractivity contribution < 1.29 is 13.9 Å². The zero-order chi connectivity index (χ0) is 18.0. The van der Waals surface area contributed by atoms with Crippen LogP contribution in [-0.4, -0.2) is 33.1 Å². The van der Waals surface area contributed by atoms with Crippen LogP contribution in [-0.2, 0) is 11.4 Å². The molecule has 0 saturated heterocycles. The van der Waals surface area contributed by atoms with Crippen LogP contribution in [0, 0.1) is 11.2 Å². The van der Waals surface area contributed by atoms with Crippen molar-refractivity contribution in [2.75, 3.05) is 17.3 Å². The van der Waals surface area contributed by atoms with E-state index in [-0.39, 0.29) is 23.7 Å². The second-order valence-electron chi connectivity index (χ2n) is 7.03. The molecule has 8 heteroatoms. The number of nitrogens with zero attached hydrogens (tertiary/aromatic N) is 4. The summed E-state index contributed by atoms with van der Waals surface area (Å²) >= 11 is 1.54. The van der Waals surface area contributed by atoms with E-state index in [0.717, 1.165) is 5.75 Å². The van der Waals surface area contributed by atoms with Crippen LogP contribution in [0.15, 0.2) is 29.4 Å². The number of thioether (sulfide) groups is 1. The van der Waals surface area contributed by atoms with E-state index in [1.807, 2.05) is 20.8 Å². The lowest BCUT2D eigenvalue weighted by molar-refractivity contribution is -0.122. The highest BCUT2D eigenvalue weighted by atomic mass is 32.2. The Morgan fingerprint density at radius 1 is 1.32 bits per heavy atom. The van der Waals surface area contributed by atoms with Crippen molar-refractivity contribution in [2.24, 2.45) is 5.41 Å². The van der Waals surface area contributed by atoms with Gasteiger partial charge in [-0.1, -0.05) is 44.7 Å². The number of ether oxygens (including phenoxy) is 1. The topological polar surface area (TPSA) is 60.3 Å². The molecule has 0 saturated carbocycles. The number of para-hydroxylation sites is 1. The maximum absolute atomic E-state index is 13.7. The Morgan fingerprint density at radius 3 is 2.80 bits per heavy atom. The summed E-state index contributed by atoms with van der Waals surface area (Å²) in [5, 5.41) is 10.6. The first-order chi connectivity index (χ1) is 11.8. The maximum Gasteiger partial charge on any atom is 0.242 e. The normalized spacial score (nSPS) is 14.3. The van der Waals surface area contributed by atoms with Gasteiger partial charge in [0.25, 0.3) is 0 Å². The van der Waals surface area contributed by atoms with Gasteiger partial charge in [0.2, 0.25) is 11.1 Å². The third-order valence-corrected chi connectivity index (χ3v) is 4.51. The molecule has 0 bridgehead atoms. The van der Waals surface area contributed by atoms with E-state index in [1.165, 1.54) is 17.8 Å². The molecule has 25 heavy (non-hydrogen) atoms. The number of carbonyl (C=O) groups is 1. The lowest BCUT2D eigenvalue weighted by Gasteiger charge is -2.31. The summed E-state index contributed by atoms with van der Waals surface area (Å²) in [4.78, 5) is 12.7. The van der Waals surface area contributed by atoms with E-state index in [4.69, 9.17) is 4.74 Å². The summed E-state index contributed by atoms with van der Waals surface area (Å²) in [6.45, 7) is 6.70. The highest BCUT2D eigenvalue weighted by Crippen LogP contribution is 2.26. The van der Waals surface area contributed by atoms with Crippen molar-refractivity contribution in [1.82, 2.24) is 14.9 Å². The van der Waals surface area contributed by atoms with Gasteiger partial charge in [0.05, 0.1) is 6.54 Å². The van der Waals surface area contributed by atoms with Gasteiger partial charge in [0, 0.05) is 12.2 Å². The predicted molar refractivity (Wildman–Crippen MR) is 93.6 cm³/mol. The number of hydrogen-bond donors (Lipinski definition) is 0. The average molecular weight is 364 g/mol. The third kappa shape index (κ3) is 4.12. The second-order valence-corrected chi connectivity index (χ2v) is 8.09. The van der Waals surface area contributed by atoms with Crippen molar-refractivity contribution in [3.8, 4) is 5.75 Å². The van der Waals surface area contributed by atoms with Crippen LogP contribution in [0.3, 0.4) is 0 Å². The van der Waals surface area contributed by atoms with E-state index < -0.39 is 5.82 Å². The molecule has 1 aliphatic heterocycles. The molecule has 1 amide bonds. The molecule has 2 aromatic rings. The highest BCUT2D eigenvalue weighted by Gasteiger charge is 2.29. The first-order valence-electron chi connectivity index (χ1n) is 8.10. The Labute approximate surface area is 150 Å². The predicted octanol–water partition coefficient (Wildman–Crippen LogP) is 3.00. The monoisotopic (exact) mass is 364 g/mol. The Morgan fingerprint density at radius 2 is 2.08 bits per heavy atom. The van der Waals surface area contributed by atoms with Gasteiger partial charge in [0.1, 0.15) is 6.61 Å². The summed E-state index contributed by atoms with van der Waals surface area (Å²) in [6, 6.07) is 6.20. The van der Waals surface area contributed by atoms with Gasteiger partial charge in [-0.3, -0.25) is 4.79 Å². The summed E-state index contributed by atoms with van der Waals surface area (Å²) in [6.07, 6.45) is 0.420. The molecule has 0 aliphatic carbocycles. The van der Waals surface area contributed by atoms with Gasteiger partial charge in [0.15, 0.2) is 17.4 Å². The van der Waals surface area contributed by atoms with E-state index in [9.17, 15) is 9.18 Å². The fraction of sp³-hybridized carbons (Fsp3) is 0.471. The molecular formula is C17H21FN4O2S. The minimum absolute atomic E-state index is 0.0148. The average Bonchev–Trinajstić information content (AvgIpc) is 2.95. The number of benzene rings is 1. The molecule has 134 valence electrons. The van der Waals surface area contributed by atoms with Crippen LogP contribution in [0.5, 0.6) is 5.75 Å². The maximum atomic E-state index is 13.7. The highest BCUT2D eigenvalue weighted by molar-refractivity contribution is 7.99. The fourth-order valence-corrected chi connectivity index (χ4v) is 3.40. The Hall–Kier alpha value is -2.09. The first-order valence-corrected chi connectivity index (χ1v) is 9.09. The summed E-state index contributed by atoms with van der Waals surface area (Å²) < 4.78 is 20.9. The summed E-state index contributed by atoms with van der Waals surface area (Å²) in [5.74, 6) is 0.975. The number of halogens is 1. The van der Waals surface area contributed by atoms with Gasteiger partial charge in [-0.25, -0.2) is 14.1 Å². The minimum atomic E-state index is -0.434. The van der Waals surface area contributed by atoms with Crippen molar-refractivity contribution in [3.05, 3.63) is 35.9 Å². The third-order valence-electron chi connectivity index (χ3n) is 3.62. The Balaban J connectivity index is 1.80. The molecule has 6 nitrogen and oxygen atoms in total. The number of rotatable bonds is 4. The first kappa shape index (κ1) is 17.7. The van der Waals surface area contributed by atoms with Crippen LogP contribution < -0.4 is 9.75 Å². The minimum Gasteiger partial charge on any atom is -0.482 e. The van der Waals surface area contributed by atoms with Gasteiger partial charge < -0.3 is 4.74 Å². The quantitative estimate of drug-likeness (QED) is 0.835. The molecule has 0 N–H and O–H groups in total. The molecule has 0 radical (unpaired) electrons. The SMILES string of the molecule is CC(C)(C)CC(=O)N1CCSc2nnc(COc3ccccc3F)n21. The van der Waals surface area contributed by atoms with Crippen LogP contribution in [0.25, 0.3) is 0 Å². The Bertz CT molecular complexity index is 772. The standard InChI is InChI=1S/C17H21FN4O2S/c1-17(2,3)10-15(23)21-8-9-25-16-20-19-14(22(16)21)11-24-13-7-5-4-6-12(13)18/h4-7H,8-11H2,1-3H3. The molecule has 1 aliphatic rings. The molecule has 0 fully saturated rings. The van der Waals surface area contributed by atoms with Crippen molar-refractivity contribution >= 4 is 17.7 Å². The van der Waals surface area contributed by atoms with E-state index in [0.29, 0.717) is 23.9 Å². The molecule has 2 heterocycles. The molecule has 1 aromatic carbocycles. The Kier molecular flexibility index (Phi) is 4.99. The number of hydrogen-bond acceptors (Lipinski definition) is 5. The van der Waals surface area contributed by atoms with Crippen molar-refractivity contribution in [2.45, 2.75) is 39.0 Å². The van der Waals surface area contributed by atoms with Crippen molar-refractivity contribution in [3.63, 3.8) is 0 Å². The number of amides is 1. The number of fused-ring (bicyclic) bond motifs is 1. The second kappa shape index (κ2) is 7.03. The number of aromatic nitrogens is 3. The van der Waals surface area contributed by atoms with Gasteiger partial charge in [-0.05, 0) is 17.5 Å². The van der Waals surface area contributed by atoms with Crippen LogP contribution in [0.4, 0.5) is 4.39 Å². The van der Waals surface area contributed by atoms with Gasteiger partial charge in [-0.2, -0.15) is 0 Å². The van der Waals surface area contributed by atoms with E-state index in [2.05, 4.69) is 10.2 Å². The molecule has 0 spiro atoms. The van der Waals surface area contributed by atoms with E-state index >= 15 is 0 Å². The summed E-state index contributed by atoms with van der Waals surface area (Å²) in [5.41, 5.74) is -0.111. The fourth-order valence-electron chi connectivity index (χ4n) is 2.53. The molecule has 0 unspecified atom stereocenters. The molecule has 0 atom stereocenters. The lowest BCUT2D eigenvalue weighted by Crippen LogP contribution is -2.46. The van der Waals surface area contributed by atoms with Crippen LogP contribution >= 0.6 is 11.8 Å². The number of carbonyl (C=O) groups excluding carboxylic acids is 1. The van der Waals surface area contributed by atoms with Crippen LogP contribution in [0.1, 0.15) is 33.0 Å². The van der Waals surface area contributed by atoms with E-state index in [1.54, 1.807) is 27.9 Å². The molecule has 1 aromatic heterocycles. The lowest BCUT2D eigenvalue weighted by atomic mass is 9.92. The van der Waals surface area contributed by atoms with Gasteiger partial charge >= 0.3 is 0 Å². The molecule has 3 rings (SSSR count). The molecular weight excluding hydrogens is 343 g/mol. The smallest absolute Gasteiger partial charge is 0.242 e. The zero-order valence-corrected chi connectivity index (χ0v) is 15.3. The van der Waals surface area contributed by atoms with Crippen LogP contribution in [0.2, 0.25) is 0 Å². The largest absolute Gasteiger partial charge is 0.482 e. The van der Waals surface area contributed by atoms with Crippen molar-refractivity contribution in [1.29, 1.82) is 0 Å².